The third kappa shape index (κ3) is 6.26. The van der Waals surface area contributed by atoms with Crippen LogP contribution >= 0.6 is 0 Å². The van der Waals surface area contributed by atoms with Crippen LogP contribution < -0.4 is 20.3 Å². The van der Waals surface area contributed by atoms with Crippen LogP contribution in [-0.4, -0.2) is 68.0 Å². The third-order valence-corrected chi connectivity index (χ3v) is 9.71. The molecule has 3 aliphatic heterocycles. The molecule has 0 spiro atoms. The molecule has 8 nitrogen and oxygen atoms in total. The first-order valence-electron chi connectivity index (χ1n) is 16.7. The average molecular weight is 632 g/mol. The van der Waals surface area contributed by atoms with Crippen molar-refractivity contribution in [3.05, 3.63) is 95.6 Å². The summed E-state index contributed by atoms with van der Waals surface area (Å²) in [6.45, 7) is 13.7. The van der Waals surface area contributed by atoms with Gasteiger partial charge in [-0.2, -0.15) is 0 Å². The molecule has 244 valence electrons. The maximum absolute atomic E-state index is 13.5. The molecule has 1 unspecified atom stereocenters. The molecule has 0 aliphatic carbocycles. The predicted octanol–water partition coefficient (Wildman–Crippen LogP) is 7.25. The first-order chi connectivity index (χ1) is 22.5. The Morgan fingerprint density at radius 1 is 0.766 bits per heavy atom. The monoisotopic (exact) mass is 631 g/mol. The van der Waals surface area contributed by atoms with Crippen LogP contribution in [0.3, 0.4) is 0 Å². The van der Waals surface area contributed by atoms with Gasteiger partial charge in [-0.1, -0.05) is 64.1 Å². The molecule has 0 bridgehead atoms. The summed E-state index contributed by atoms with van der Waals surface area (Å²) in [7, 11) is 2.18. The van der Waals surface area contributed by atoms with Crippen LogP contribution in [0.5, 0.6) is 5.75 Å². The fourth-order valence-corrected chi connectivity index (χ4v) is 7.64. The maximum atomic E-state index is 13.5. The number of likely N-dealkylation sites (N-methyl/N-ethyl adjacent to an activating group) is 1. The maximum Gasteiger partial charge on any atom is 0.261 e. The van der Waals surface area contributed by atoms with Gasteiger partial charge in [0.25, 0.3) is 11.8 Å². The summed E-state index contributed by atoms with van der Waals surface area (Å²) in [5, 5.41) is 8.94. The second-order valence-electron chi connectivity index (χ2n) is 15.0. The Morgan fingerprint density at radius 3 is 2.06 bits per heavy atom. The van der Waals surface area contributed by atoms with E-state index < -0.39 is 0 Å². The van der Waals surface area contributed by atoms with Crippen molar-refractivity contribution in [1.29, 1.82) is 0 Å². The lowest BCUT2D eigenvalue weighted by Crippen LogP contribution is -2.46. The van der Waals surface area contributed by atoms with Crippen LogP contribution in [0.15, 0.2) is 78.9 Å². The number of carbonyl (C=O) groups is 2. The van der Waals surface area contributed by atoms with Crippen molar-refractivity contribution in [2.45, 2.75) is 40.3 Å². The van der Waals surface area contributed by atoms with Crippen molar-refractivity contribution in [2.75, 3.05) is 61.9 Å². The van der Waals surface area contributed by atoms with E-state index in [4.69, 9.17) is 4.74 Å². The minimum Gasteiger partial charge on any atom is -0.493 e. The highest BCUT2D eigenvalue weighted by Crippen LogP contribution is 2.40. The lowest BCUT2D eigenvalue weighted by Gasteiger charge is -2.39. The molecule has 4 aromatic carbocycles. The molecule has 1 fully saturated rings. The van der Waals surface area contributed by atoms with Gasteiger partial charge < -0.3 is 25.2 Å². The van der Waals surface area contributed by atoms with Gasteiger partial charge >= 0.3 is 0 Å². The molecular weight excluding hydrogens is 586 g/mol. The van der Waals surface area contributed by atoms with E-state index >= 15 is 0 Å². The van der Waals surface area contributed by atoms with Gasteiger partial charge in [0.1, 0.15) is 11.9 Å². The Labute approximate surface area is 277 Å². The molecule has 47 heavy (non-hydrogen) atoms. The number of hydrogen-bond acceptors (Lipinski definition) is 7. The van der Waals surface area contributed by atoms with Gasteiger partial charge in [0.15, 0.2) is 0 Å². The Bertz CT molecular complexity index is 1770. The number of nitrogens with zero attached hydrogens (tertiary/aromatic N) is 3. The van der Waals surface area contributed by atoms with Gasteiger partial charge in [0.05, 0.1) is 18.0 Å². The Kier molecular flexibility index (Phi) is 7.87. The van der Waals surface area contributed by atoms with Crippen LogP contribution in [-0.2, 0) is 0 Å². The van der Waals surface area contributed by atoms with Crippen molar-refractivity contribution in [3.63, 3.8) is 0 Å². The van der Waals surface area contributed by atoms with E-state index in [1.54, 1.807) is 0 Å². The van der Waals surface area contributed by atoms with Crippen molar-refractivity contribution in [1.82, 2.24) is 9.80 Å². The number of piperazine rings is 1. The van der Waals surface area contributed by atoms with Gasteiger partial charge in [-0.05, 0) is 77.7 Å². The number of anilines is 3. The molecule has 0 aromatic heterocycles. The number of imide groups is 1. The summed E-state index contributed by atoms with van der Waals surface area (Å²) in [5.41, 5.74) is 5.34. The zero-order valence-electron chi connectivity index (χ0n) is 28.1. The van der Waals surface area contributed by atoms with Crippen LogP contribution in [0.2, 0.25) is 0 Å². The highest BCUT2D eigenvalue weighted by molar-refractivity contribution is 6.25. The summed E-state index contributed by atoms with van der Waals surface area (Å²) in [6, 6.07) is 26.2. The van der Waals surface area contributed by atoms with E-state index in [9.17, 15) is 9.59 Å². The predicted molar refractivity (Wildman–Crippen MR) is 190 cm³/mol. The zero-order chi connectivity index (χ0) is 32.9. The molecule has 2 N–H and O–H groups in total. The van der Waals surface area contributed by atoms with Crippen LogP contribution in [0.25, 0.3) is 10.8 Å². The molecule has 1 saturated heterocycles. The van der Waals surface area contributed by atoms with Gasteiger partial charge in [0.2, 0.25) is 0 Å². The SMILES string of the molecule is CN1CCN(c2ccc3c(c2)NC(c2ccc(OCC(C)(C)CC(C)(C)CN4C(=O)c5cccc6cccc(c56)C4=O)cc2)N3)CC1. The summed E-state index contributed by atoms with van der Waals surface area (Å²) >= 11 is 0. The quantitative estimate of drug-likeness (QED) is 0.189. The van der Waals surface area contributed by atoms with Crippen LogP contribution in [0.4, 0.5) is 17.1 Å². The van der Waals surface area contributed by atoms with Crippen molar-refractivity contribution < 1.29 is 14.3 Å². The Morgan fingerprint density at radius 2 is 1.40 bits per heavy atom. The average Bonchev–Trinajstić information content (AvgIpc) is 3.48. The van der Waals surface area contributed by atoms with E-state index in [-0.39, 0.29) is 28.8 Å². The van der Waals surface area contributed by atoms with Gasteiger partial charge in [-0.25, -0.2) is 0 Å². The number of benzene rings is 4. The standard InChI is InChI=1S/C39H45N5O3/c1-38(2,24-44-36(45)30-10-6-8-26-9-7-11-31(34(26)30)37(44)46)23-39(3,4)25-47-29-15-12-27(13-16-29)35-40-32-17-14-28(22-33(32)41-35)43-20-18-42(5)19-21-43/h6-17,22,35,40-41H,18-21,23-25H2,1-5H3. The topological polar surface area (TPSA) is 77.2 Å². The Balaban J connectivity index is 0.947. The van der Waals surface area contributed by atoms with Crippen LogP contribution in [0, 0.1) is 10.8 Å². The van der Waals surface area contributed by atoms with Gasteiger partial charge in [0, 0.05) is 54.9 Å². The largest absolute Gasteiger partial charge is 0.493 e. The second-order valence-corrected chi connectivity index (χ2v) is 15.0. The highest BCUT2D eigenvalue weighted by Gasteiger charge is 2.38. The smallest absolute Gasteiger partial charge is 0.261 e. The van der Waals surface area contributed by atoms with E-state index in [1.165, 1.54) is 10.6 Å². The minimum atomic E-state index is -0.318. The highest BCUT2D eigenvalue weighted by atomic mass is 16.5. The molecule has 1 atom stereocenters. The lowest BCUT2D eigenvalue weighted by molar-refractivity contribution is 0.0471. The van der Waals surface area contributed by atoms with E-state index in [0.29, 0.717) is 24.3 Å². The number of fused-ring (bicyclic) bond motifs is 1. The van der Waals surface area contributed by atoms with E-state index in [1.807, 2.05) is 48.5 Å². The summed E-state index contributed by atoms with van der Waals surface area (Å²) in [5.74, 6) is 0.385. The molecule has 7 rings (SSSR count). The first-order valence-corrected chi connectivity index (χ1v) is 16.7. The molecule has 4 aromatic rings. The molecule has 8 heteroatoms. The minimum absolute atomic E-state index is 0.00168. The fraction of sp³-hybridized carbons (Fsp3) is 0.385. The second kappa shape index (κ2) is 11.9. The Hall–Kier alpha value is -4.56. The first kappa shape index (κ1) is 31.1. The van der Waals surface area contributed by atoms with Gasteiger partial charge in [-0.15, -0.1) is 0 Å². The summed E-state index contributed by atoms with van der Waals surface area (Å²) < 4.78 is 6.31. The number of hydrogen-bond donors (Lipinski definition) is 2. The number of carbonyl (C=O) groups excluding carboxylic acids is 2. The molecule has 2 amide bonds. The molecule has 3 aliphatic rings. The number of ether oxygens (including phenoxy) is 1. The van der Waals surface area contributed by atoms with Crippen molar-refractivity contribution >= 4 is 39.6 Å². The number of amides is 2. The zero-order valence-corrected chi connectivity index (χ0v) is 28.1. The van der Waals surface area contributed by atoms with Crippen molar-refractivity contribution in [2.24, 2.45) is 10.8 Å². The summed E-state index contributed by atoms with van der Waals surface area (Å²) in [6.07, 6.45) is 0.767. The fourth-order valence-electron chi connectivity index (χ4n) is 7.64. The normalized spacial score (nSPS) is 18.3. The molecule has 3 heterocycles. The van der Waals surface area contributed by atoms with Crippen molar-refractivity contribution in [3.8, 4) is 5.75 Å². The number of nitrogens with one attached hydrogen (secondary N) is 2. The summed E-state index contributed by atoms with van der Waals surface area (Å²) in [4.78, 5) is 33.3. The molecular formula is C39H45N5O3. The number of rotatable bonds is 9. The van der Waals surface area contributed by atoms with Crippen LogP contribution in [0.1, 0.15) is 66.6 Å². The molecule has 0 saturated carbocycles. The van der Waals surface area contributed by atoms with E-state index in [2.05, 4.69) is 85.5 Å². The molecule has 0 radical (unpaired) electrons. The van der Waals surface area contributed by atoms with Gasteiger partial charge in [-0.3, -0.25) is 14.5 Å². The lowest BCUT2D eigenvalue weighted by atomic mass is 9.75. The van der Waals surface area contributed by atoms with E-state index in [0.717, 1.165) is 66.1 Å². The third-order valence-electron chi connectivity index (χ3n) is 9.71.